The van der Waals surface area contributed by atoms with E-state index in [0.717, 1.165) is 0 Å². The molecule has 0 atom stereocenters. The van der Waals surface area contributed by atoms with Gasteiger partial charge in [0.15, 0.2) is 6.29 Å². The van der Waals surface area contributed by atoms with E-state index < -0.39 is 0 Å². The van der Waals surface area contributed by atoms with Gasteiger partial charge in [0, 0.05) is 23.8 Å². The molecule has 0 aromatic heterocycles. The van der Waals surface area contributed by atoms with Gasteiger partial charge in [-0.15, -0.1) is 0 Å². The van der Waals surface area contributed by atoms with Crippen molar-refractivity contribution in [2.45, 2.75) is 47.8 Å². The van der Waals surface area contributed by atoms with Crippen LogP contribution in [0, 0.1) is 41.5 Å². The Morgan fingerprint density at radius 3 is 1.24 bits per heavy atom. The largest absolute Gasteiger partial charge is 0.312 e. The molecule has 0 saturated heterocycles. The zero-order valence-corrected chi connectivity index (χ0v) is 16.4. The Labute approximate surface area is 152 Å². The summed E-state index contributed by atoms with van der Waals surface area (Å²) < 4.78 is 0. The van der Waals surface area contributed by atoms with Gasteiger partial charge in [0.05, 0.1) is 0 Å². The fourth-order valence-electron chi connectivity index (χ4n) is 4.27. The molecule has 0 bridgehead atoms. The average Bonchev–Trinajstić information content (AvgIpc) is 2.88. The Morgan fingerprint density at radius 1 is 0.640 bits per heavy atom. The number of hydrogen-bond acceptors (Lipinski definition) is 3. The molecular formula is C22H29N3. The van der Waals surface area contributed by atoms with Crippen molar-refractivity contribution in [1.82, 2.24) is 5.32 Å². The van der Waals surface area contributed by atoms with Crippen LogP contribution < -0.4 is 15.1 Å². The Morgan fingerprint density at radius 2 is 0.960 bits per heavy atom. The van der Waals surface area contributed by atoms with Gasteiger partial charge < -0.3 is 9.80 Å². The minimum atomic E-state index is 0.0696. The standard InChI is InChI=1S/C22H29N3/c1-14-10-16(3)20(17(4)11-14)24-8-9-25(22(24)23-7)21-18(5)12-15(2)13-19(21)6/h8-13,22-23H,1-7H3. The first-order valence-electron chi connectivity index (χ1n) is 8.91. The summed E-state index contributed by atoms with van der Waals surface area (Å²) in [7, 11) is 2.02. The minimum Gasteiger partial charge on any atom is -0.312 e. The van der Waals surface area contributed by atoms with Gasteiger partial charge in [0.25, 0.3) is 0 Å². The molecule has 0 radical (unpaired) electrons. The smallest absolute Gasteiger partial charge is 0.165 e. The molecule has 2 aromatic carbocycles. The molecule has 0 aliphatic carbocycles. The highest BCUT2D eigenvalue weighted by Gasteiger charge is 2.30. The second-order valence-electron chi connectivity index (χ2n) is 7.27. The van der Waals surface area contributed by atoms with Crippen LogP contribution in [0.15, 0.2) is 36.7 Å². The maximum Gasteiger partial charge on any atom is 0.165 e. The third-order valence-electron chi connectivity index (χ3n) is 4.96. The molecular weight excluding hydrogens is 306 g/mol. The van der Waals surface area contributed by atoms with Crippen LogP contribution >= 0.6 is 0 Å². The van der Waals surface area contributed by atoms with E-state index in [1.807, 2.05) is 7.05 Å². The van der Waals surface area contributed by atoms with Crippen LogP contribution in [0.3, 0.4) is 0 Å². The third kappa shape index (κ3) is 3.05. The maximum atomic E-state index is 3.49. The van der Waals surface area contributed by atoms with Crippen molar-refractivity contribution in [3.05, 3.63) is 70.0 Å². The molecule has 0 saturated carbocycles. The van der Waals surface area contributed by atoms with Gasteiger partial charge in [-0.1, -0.05) is 35.4 Å². The SMILES string of the molecule is CNC1N(c2c(C)cc(C)cc2C)C=CN1c1c(C)cc(C)cc1C. The monoisotopic (exact) mass is 335 g/mol. The highest BCUT2D eigenvalue weighted by Crippen LogP contribution is 2.36. The highest BCUT2D eigenvalue weighted by molar-refractivity contribution is 5.70. The van der Waals surface area contributed by atoms with Crippen LogP contribution in [-0.2, 0) is 0 Å². The molecule has 0 spiro atoms. The molecule has 1 aliphatic heterocycles. The van der Waals surface area contributed by atoms with Gasteiger partial charge in [0.2, 0.25) is 0 Å². The van der Waals surface area contributed by atoms with Crippen molar-refractivity contribution in [2.24, 2.45) is 0 Å². The lowest BCUT2D eigenvalue weighted by Crippen LogP contribution is -2.49. The lowest BCUT2D eigenvalue weighted by atomic mass is 10.0. The molecule has 3 rings (SSSR count). The molecule has 0 fully saturated rings. The summed E-state index contributed by atoms with van der Waals surface area (Å²) in [5.41, 5.74) is 10.4. The van der Waals surface area contributed by atoms with Gasteiger partial charge in [-0.05, 0) is 70.8 Å². The predicted molar refractivity (Wildman–Crippen MR) is 108 cm³/mol. The lowest BCUT2D eigenvalue weighted by Gasteiger charge is -2.35. The van der Waals surface area contributed by atoms with Crippen molar-refractivity contribution in [1.29, 1.82) is 0 Å². The van der Waals surface area contributed by atoms with Gasteiger partial charge >= 0.3 is 0 Å². The summed E-state index contributed by atoms with van der Waals surface area (Å²) in [6, 6.07) is 9.03. The molecule has 3 heteroatoms. The van der Waals surface area contributed by atoms with Crippen LogP contribution in [0.2, 0.25) is 0 Å². The first-order valence-corrected chi connectivity index (χ1v) is 8.91. The summed E-state index contributed by atoms with van der Waals surface area (Å²) in [4.78, 5) is 4.67. The summed E-state index contributed by atoms with van der Waals surface area (Å²) in [6.45, 7) is 13.1. The van der Waals surface area contributed by atoms with E-state index in [1.165, 1.54) is 44.8 Å². The van der Waals surface area contributed by atoms with Crippen LogP contribution in [0.25, 0.3) is 0 Å². The van der Waals surface area contributed by atoms with Gasteiger partial charge in [-0.2, -0.15) is 0 Å². The van der Waals surface area contributed by atoms with Gasteiger partial charge in [-0.25, -0.2) is 0 Å². The fourth-order valence-corrected chi connectivity index (χ4v) is 4.27. The molecule has 0 amide bonds. The lowest BCUT2D eigenvalue weighted by molar-refractivity contribution is 0.591. The Balaban J connectivity index is 2.05. The fraction of sp³-hybridized carbons (Fsp3) is 0.364. The molecule has 1 heterocycles. The van der Waals surface area contributed by atoms with Crippen LogP contribution in [0.4, 0.5) is 11.4 Å². The zero-order valence-electron chi connectivity index (χ0n) is 16.4. The molecule has 1 aliphatic rings. The number of rotatable bonds is 3. The second kappa shape index (κ2) is 6.57. The van der Waals surface area contributed by atoms with Crippen molar-refractivity contribution in [3.63, 3.8) is 0 Å². The minimum absolute atomic E-state index is 0.0696. The van der Waals surface area contributed by atoms with Crippen LogP contribution in [0.5, 0.6) is 0 Å². The summed E-state index contributed by atoms with van der Waals surface area (Å²) in [5, 5.41) is 3.49. The molecule has 1 N–H and O–H groups in total. The van der Waals surface area contributed by atoms with Gasteiger partial charge in [-0.3, -0.25) is 5.32 Å². The number of aryl methyl sites for hydroxylation is 6. The summed E-state index contributed by atoms with van der Waals surface area (Å²) >= 11 is 0. The maximum absolute atomic E-state index is 3.49. The topological polar surface area (TPSA) is 18.5 Å². The van der Waals surface area contributed by atoms with E-state index in [2.05, 4.69) is 93.3 Å². The predicted octanol–water partition coefficient (Wildman–Crippen LogP) is 4.84. The normalized spacial score (nSPS) is 14.7. The number of hydrogen-bond donors (Lipinski definition) is 1. The van der Waals surface area contributed by atoms with Crippen molar-refractivity contribution in [3.8, 4) is 0 Å². The average molecular weight is 335 g/mol. The highest BCUT2D eigenvalue weighted by atomic mass is 15.5. The van der Waals surface area contributed by atoms with Crippen LogP contribution in [-0.4, -0.2) is 13.3 Å². The summed E-state index contributed by atoms with van der Waals surface area (Å²) in [5.74, 6) is 0. The number of benzene rings is 2. The molecule has 0 unspecified atom stereocenters. The quantitative estimate of drug-likeness (QED) is 0.866. The van der Waals surface area contributed by atoms with Gasteiger partial charge in [0.1, 0.15) is 0 Å². The summed E-state index contributed by atoms with van der Waals surface area (Å²) in [6.07, 6.45) is 4.44. The third-order valence-corrected chi connectivity index (χ3v) is 4.96. The molecule has 25 heavy (non-hydrogen) atoms. The molecule has 132 valence electrons. The Bertz CT molecular complexity index is 722. The Hall–Kier alpha value is -2.26. The molecule has 2 aromatic rings. The first-order chi connectivity index (χ1) is 11.8. The van der Waals surface area contributed by atoms with E-state index in [-0.39, 0.29) is 6.29 Å². The van der Waals surface area contributed by atoms with E-state index in [1.54, 1.807) is 0 Å². The first kappa shape index (κ1) is 17.6. The number of anilines is 2. The van der Waals surface area contributed by atoms with Crippen LogP contribution in [0.1, 0.15) is 33.4 Å². The van der Waals surface area contributed by atoms with Crippen molar-refractivity contribution < 1.29 is 0 Å². The van der Waals surface area contributed by atoms with Crippen molar-refractivity contribution in [2.75, 3.05) is 16.8 Å². The van der Waals surface area contributed by atoms with E-state index >= 15 is 0 Å². The van der Waals surface area contributed by atoms with E-state index in [4.69, 9.17) is 0 Å². The van der Waals surface area contributed by atoms with E-state index in [9.17, 15) is 0 Å². The zero-order chi connectivity index (χ0) is 18.3. The van der Waals surface area contributed by atoms with E-state index in [0.29, 0.717) is 0 Å². The van der Waals surface area contributed by atoms with Crippen molar-refractivity contribution >= 4 is 11.4 Å². The Kier molecular flexibility index (Phi) is 4.61. The molecule has 3 nitrogen and oxygen atoms in total. The second-order valence-corrected chi connectivity index (χ2v) is 7.27. The number of nitrogens with one attached hydrogen (secondary N) is 1. The number of nitrogens with zero attached hydrogens (tertiary/aromatic N) is 2.